The van der Waals surface area contributed by atoms with Crippen LogP contribution in [-0.2, 0) is 0 Å². The van der Waals surface area contributed by atoms with Crippen LogP contribution in [0.4, 0.5) is 0 Å². The number of unbranched alkanes of at least 4 members (excludes halogenated alkanes) is 1. The molecule has 170 valence electrons. The minimum Gasteiger partial charge on any atom is -0.494 e. The number of hydrogen-bond acceptors (Lipinski definition) is 6. The first kappa shape index (κ1) is 21.9. The van der Waals surface area contributed by atoms with Crippen molar-refractivity contribution < 1.29 is 9.47 Å². The fraction of sp³-hybridized carbons (Fsp3) is 0.148. The lowest BCUT2D eigenvalue weighted by atomic mass is 10.2. The van der Waals surface area contributed by atoms with E-state index < -0.39 is 0 Å². The van der Waals surface area contributed by atoms with Gasteiger partial charge in [0.15, 0.2) is 5.82 Å². The van der Waals surface area contributed by atoms with Gasteiger partial charge in [-0.15, -0.1) is 5.10 Å². The van der Waals surface area contributed by atoms with Crippen molar-refractivity contribution in [1.82, 2.24) is 14.6 Å². The molecule has 7 heteroatoms. The Morgan fingerprint density at radius 3 is 2.50 bits per heavy atom. The maximum absolute atomic E-state index is 12.9. The molecule has 0 fully saturated rings. The molecule has 2 heterocycles. The van der Waals surface area contributed by atoms with Gasteiger partial charge >= 0.3 is 0 Å². The molecular formula is C27H23N3O3S. The number of aromatic nitrogens is 3. The molecule has 0 bridgehead atoms. The highest BCUT2D eigenvalue weighted by molar-refractivity contribution is 7.15. The molecule has 2 aromatic heterocycles. The van der Waals surface area contributed by atoms with Crippen molar-refractivity contribution in [2.24, 2.45) is 0 Å². The van der Waals surface area contributed by atoms with Gasteiger partial charge in [-0.05, 0) is 66.6 Å². The zero-order valence-electron chi connectivity index (χ0n) is 18.7. The predicted octanol–water partition coefficient (Wildman–Crippen LogP) is 5.34. The van der Waals surface area contributed by atoms with Crippen molar-refractivity contribution in [1.29, 1.82) is 0 Å². The van der Waals surface area contributed by atoms with Crippen LogP contribution >= 0.6 is 11.3 Å². The molecule has 6 nitrogen and oxygen atoms in total. The van der Waals surface area contributed by atoms with Crippen LogP contribution in [0.25, 0.3) is 22.4 Å². The Kier molecular flexibility index (Phi) is 6.35. The van der Waals surface area contributed by atoms with Crippen molar-refractivity contribution in [2.45, 2.75) is 19.8 Å². The first-order chi connectivity index (χ1) is 16.7. The average Bonchev–Trinajstić information content (AvgIpc) is 3.40. The van der Waals surface area contributed by atoms with Gasteiger partial charge in [0.2, 0.25) is 4.96 Å². The minimum atomic E-state index is -0.187. The molecule has 34 heavy (non-hydrogen) atoms. The van der Waals surface area contributed by atoms with E-state index in [1.54, 1.807) is 0 Å². The molecule has 0 radical (unpaired) electrons. The molecule has 0 aliphatic carbocycles. The van der Waals surface area contributed by atoms with Crippen molar-refractivity contribution >= 4 is 22.4 Å². The third-order valence-electron chi connectivity index (χ3n) is 5.20. The third kappa shape index (κ3) is 4.84. The molecule has 0 aliphatic rings. The van der Waals surface area contributed by atoms with E-state index in [1.807, 2.05) is 84.9 Å². The number of thiazole rings is 1. The van der Waals surface area contributed by atoms with Crippen LogP contribution in [0.2, 0.25) is 0 Å². The SMILES string of the molecule is CCCCOc1ccc(-c2nc3sc(=Cc4cccc(Oc5ccccc5)c4)c(=O)n3n2)cc1. The number of benzene rings is 3. The number of fused-ring (bicyclic) bond motifs is 1. The number of nitrogens with zero attached hydrogens (tertiary/aromatic N) is 3. The molecule has 0 unspecified atom stereocenters. The Hall–Kier alpha value is -3.97. The highest BCUT2D eigenvalue weighted by atomic mass is 32.1. The first-order valence-electron chi connectivity index (χ1n) is 11.2. The summed E-state index contributed by atoms with van der Waals surface area (Å²) in [6.45, 7) is 2.84. The highest BCUT2D eigenvalue weighted by Crippen LogP contribution is 2.23. The Balaban J connectivity index is 1.38. The van der Waals surface area contributed by atoms with Gasteiger partial charge < -0.3 is 9.47 Å². The lowest BCUT2D eigenvalue weighted by molar-refractivity contribution is 0.309. The van der Waals surface area contributed by atoms with Crippen molar-refractivity contribution in [2.75, 3.05) is 6.61 Å². The van der Waals surface area contributed by atoms with Gasteiger partial charge in [0.25, 0.3) is 5.56 Å². The number of ether oxygens (including phenoxy) is 2. The van der Waals surface area contributed by atoms with Crippen molar-refractivity contribution in [3.05, 3.63) is 99.3 Å². The van der Waals surface area contributed by atoms with Gasteiger partial charge in [0.1, 0.15) is 17.2 Å². The predicted molar refractivity (Wildman–Crippen MR) is 135 cm³/mol. The van der Waals surface area contributed by atoms with Gasteiger partial charge in [0, 0.05) is 5.56 Å². The summed E-state index contributed by atoms with van der Waals surface area (Å²) in [7, 11) is 0. The molecular weight excluding hydrogens is 446 g/mol. The molecule has 5 aromatic rings. The number of hydrogen-bond donors (Lipinski definition) is 0. The average molecular weight is 470 g/mol. The van der Waals surface area contributed by atoms with E-state index >= 15 is 0 Å². The molecule has 5 rings (SSSR count). The summed E-state index contributed by atoms with van der Waals surface area (Å²) in [5.41, 5.74) is 1.52. The van der Waals surface area contributed by atoms with E-state index in [1.165, 1.54) is 15.9 Å². The van der Waals surface area contributed by atoms with E-state index in [2.05, 4.69) is 17.0 Å². The highest BCUT2D eigenvalue weighted by Gasteiger charge is 2.12. The molecule has 0 saturated carbocycles. The second kappa shape index (κ2) is 9.89. The third-order valence-corrected chi connectivity index (χ3v) is 6.15. The van der Waals surface area contributed by atoms with E-state index in [0.717, 1.165) is 35.5 Å². The Bertz CT molecular complexity index is 1510. The second-order valence-electron chi connectivity index (χ2n) is 7.76. The summed E-state index contributed by atoms with van der Waals surface area (Å²) in [5.74, 6) is 2.80. The lowest BCUT2D eigenvalue weighted by Gasteiger charge is -2.05. The monoisotopic (exact) mass is 469 g/mol. The topological polar surface area (TPSA) is 65.7 Å². The van der Waals surface area contributed by atoms with E-state index in [4.69, 9.17) is 9.47 Å². The molecule has 0 atom stereocenters. The summed E-state index contributed by atoms with van der Waals surface area (Å²) in [6, 6.07) is 24.8. The molecule has 0 saturated heterocycles. The maximum atomic E-state index is 12.9. The van der Waals surface area contributed by atoms with Gasteiger partial charge in [-0.3, -0.25) is 4.79 Å². The van der Waals surface area contributed by atoms with Gasteiger partial charge in [-0.2, -0.15) is 9.50 Å². The fourth-order valence-corrected chi connectivity index (χ4v) is 4.34. The zero-order chi connectivity index (χ0) is 23.3. The summed E-state index contributed by atoms with van der Waals surface area (Å²) in [6.07, 6.45) is 3.96. The molecule has 3 aromatic carbocycles. The summed E-state index contributed by atoms with van der Waals surface area (Å²) in [5, 5.41) is 4.44. The summed E-state index contributed by atoms with van der Waals surface area (Å²) < 4.78 is 13.5. The summed E-state index contributed by atoms with van der Waals surface area (Å²) >= 11 is 1.32. The number of para-hydroxylation sites is 1. The van der Waals surface area contributed by atoms with Gasteiger partial charge in [-0.25, -0.2) is 0 Å². The zero-order valence-corrected chi connectivity index (χ0v) is 19.5. The fourth-order valence-electron chi connectivity index (χ4n) is 3.43. The van der Waals surface area contributed by atoms with Gasteiger partial charge in [0.05, 0.1) is 11.1 Å². The van der Waals surface area contributed by atoms with Crippen LogP contribution in [0.3, 0.4) is 0 Å². The van der Waals surface area contributed by atoms with Crippen LogP contribution in [0.15, 0.2) is 83.7 Å². The largest absolute Gasteiger partial charge is 0.494 e. The van der Waals surface area contributed by atoms with Crippen LogP contribution in [-0.4, -0.2) is 21.2 Å². The normalized spacial score (nSPS) is 11.7. The standard InChI is InChI=1S/C27H23N3O3S/c1-2-3-16-32-21-14-12-20(13-15-21)25-28-27-30(29-25)26(31)24(34-27)18-19-8-7-11-23(17-19)33-22-9-5-4-6-10-22/h4-15,17-18H,2-3,16H2,1H3. The summed E-state index contributed by atoms with van der Waals surface area (Å²) in [4.78, 5) is 18.1. The first-order valence-corrected chi connectivity index (χ1v) is 12.0. The Morgan fingerprint density at radius 2 is 1.74 bits per heavy atom. The maximum Gasteiger partial charge on any atom is 0.291 e. The van der Waals surface area contributed by atoms with Crippen LogP contribution in [0.5, 0.6) is 17.2 Å². The molecule has 0 spiro atoms. The number of rotatable bonds is 8. The van der Waals surface area contributed by atoms with Crippen molar-refractivity contribution in [3.63, 3.8) is 0 Å². The molecule has 0 N–H and O–H groups in total. The molecule has 0 amide bonds. The Labute approximate surface area is 200 Å². The van der Waals surface area contributed by atoms with Crippen LogP contribution in [0.1, 0.15) is 25.3 Å². The van der Waals surface area contributed by atoms with E-state index in [9.17, 15) is 4.79 Å². The molecule has 0 aliphatic heterocycles. The smallest absolute Gasteiger partial charge is 0.291 e. The van der Waals surface area contributed by atoms with E-state index in [0.29, 0.717) is 27.7 Å². The second-order valence-corrected chi connectivity index (χ2v) is 8.77. The van der Waals surface area contributed by atoms with Crippen LogP contribution < -0.4 is 19.6 Å². The minimum absolute atomic E-state index is 0.187. The lowest BCUT2D eigenvalue weighted by Crippen LogP contribution is -2.23. The van der Waals surface area contributed by atoms with Crippen LogP contribution in [0, 0.1) is 0 Å². The van der Waals surface area contributed by atoms with Gasteiger partial charge in [-0.1, -0.05) is 55.0 Å². The quantitative estimate of drug-likeness (QED) is 0.287. The Morgan fingerprint density at radius 1 is 0.941 bits per heavy atom. The van der Waals surface area contributed by atoms with E-state index in [-0.39, 0.29) is 5.56 Å². The van der Waals surface area contributed by atoms with Crippen molar-refractivity contribution in [3.8, 4) is 28.6 Å².